The summed E-state index contributed by atoms with van der Waals surface area (Å²) in [6, 6.07) is 4.22. The molecule has 0 unspecified atom stereocenters. The molecule has 1 aromatic rings. The molecular formula is C16H24N2O3S. The van der Waals surface area contributed by atoms with E-state index in [1.54, 1.807) is 0 Å². The van der Waals surface area contributed by atoms with Gasteiger partial charge in [0.15, 0.2) is 0 Å². The number of nitrogens with zero attached hydrogens (tertiary/aromatic N) is 1. The molecule has 1 aliphatic carbocycles. The lowest BCUT2D eigenvalue weighted by Crippen LogP contribution is -2.36. The highest BCUT2D eigenvalue weighted by Crippen LogP contribution is 2.28. The zero-order chi connectivity index (χ0) is 16.5. The third-order valence-corrected chi connectivity index (χ3v) is 4.94. The van der Waals surface area contributed by atoms with Gasteiger partial charge in [0.1, 0.15) is 0 Å². The van der Waals surface area contributed by atoms with Crippen LogP contribution in [0.4, 0.5) is 5.69 Å². The lowest BCUT2D eigenvalue weighted by Gasteiger charge is -2.26. The van der Waals surface area contributed by atoms with Gasteiger partial charge < -0.3 is 5.32 Å². The number of nitrogens with one attached hydrogen (secondary N) is 1. The highest BCUT2D eigenvalue weighted by molar-refractivity contribution is 7.92. The largest absolute Gasteiger partial charge is 0.353 e. The van der Waals surface area contributed by atoms with Crippen molar-refractivity contribution in [2.45, 2.75) is 46.1 Å². The van der Waals surface area contributed by atoms with E-state index in [0.29, 0.717) is 11.7 Å². The Morgan fingerprint density at radius 2 is 1.77 bits per heavy atom. The smallest absolute Gasteiger partial charge is 0.232 e. The second kappa shape index (κ2) is 6.28. The van der Waals surface area contributed by atoms with E-state index in [2.05, 4.69) is 5.32 Å². The van der Waals surface area contributed by atoms with Crippen molar-refractivity contribution in [3.05, 3.63) is 28.8 Å². The molecule has 0 spiro atoms. The maximum Gasteiger partial charge on any atom is 0.232 e. The Labute approximate surface area is 132 Å². The van der Waals surface area contributed by atoms with Crippen molar-refractivity contribution < 1.29 is 13.2 Å². The van der Waals surface area contributed by atoms with Crippen LogP contribution in [0.5, 0.6) is 0 Å². The molecule has 0 saturated heterocycles. The van der Waals surface area contributed by atoms with Gasteiger partial charge in [0.25, 0.3) is 0 Å². The van der Waals surface area contributed by atoms with E-state index in [1.807, 2.05) is 32.9 Å². The van der Waals surface area contributed by atoms with Gasteiger partial charge in [-0.1, -0.05) is 17.7 Å². The molecule has 1 amide bonds. The van der Waals surface area contributed by atoms with Crippen LogP contribution in [0, 0.1) is 20.8 Å². The minimum atomic E-state index is -3.43. The average Bonchev–Trinajstić information content (AvgIpc) is 3.14. The van der Waals surface area contributed by atoms with E-state index in [4.69, 9.17) is 0 Å². The number of benzene rings is 1. The van der Waals surface area contributed by atoms with Crippen LogP contribution < -0.4 is 9.62 Å². The molecule has 2 rings (SSSR count). The van der Waals surface area contributed by atoms with Crippen molar-refractivity contribution in [2.75, 3.05) is 17.1 Å². The monoisotopic (exact) mass is 324 g/mol. The Morgan fingerprint density at radius 1 is 1.23 bits per heavy atom. The van der Waals surface area contributed by atoms with Gasteiger partial charge in [0.2, 0.25) is 15.9 Å². The maximum absolute atomic E-state index is 12.2. The number of hydrogen-bond donors (Lipinski definition) is 1. The van der Waals surface area contributed by atoms with E-state index in [1.165, 1.54) is 10.6 Å². The lowest BCUT2D eigenvalue weighted by molar-refractivity contribution is -0.121. The van der Waals surface area contributed by atoms with Crippen molar-refractivity contribution in [1.82, 2.24) is 5.32 Å². The van der Waals surface area contributed by atoms with Crippen LogP contribution >= 0.6 is 0 Å². The summed E-state index contributed by atoms with van der Waals surface area (Å²) in [6.45, 7) is 5.95. The molecule has 6 heteroatoms. The number of carbonyl (C=O) groups is 1. The molecule has 0 aliphatic heterocycles. The molecule has 0 bridgehead atoms. The van der Waals surface area contributed by atoms with Gasteiger partial charge in [-0.25, -0.2) is 8.42 Å². The average molecular weight is 324 g/mol. The number of aryl methyl sites for hydroxylation is 3. The quantitative estimate of drug-likeness (QED) is 0.871. The molecule has 0 atom stereocenters. The SMILES string of the molecule is Cc1cc(C)c(N(CCC(=O)NC2CC2)S(C)(=O)=O)c(C)c1. The van der Waals surface area contributed by atoms with Gasteiger partial charge >= 0.3 is 0 Å². The van der Waals surface area contributed by atoms with Gasteiger partial charge in [-0.3, -0.25) is 9.10 Å². The fourth-order valence-corrected chi connectivity index (χ4v) is 3.78. The number of amides is 1. The summed E-state index contributed by atoms with van der Waals surface area (Å²) in [5.74, 6) is -0.0847. The van der Waals surface area contributed by atoms with Gasteiger partial charge in [-0.15, -0.1) is 0 Å². The second-order valence-corrected chi connectivity index (χ2v) is 8.08. The summed E-state index contributed by atoms with van der Waals surface area (Å²) in [5, 5.41) is 2.89. The van der Waals surface area contributed by atoms with Gasteiger partial charge in [-0.2, -0.15) is 0 Å². The van der Waals surface area contributed by atoms with E-state index >= 15 is 0 Å². The first-order valence-corrected chi connectivity index (χ1v) is 9.38. The highest BCUT2D eigenvalue weighted by atomic mass is 32.2. The van der Waals surface area contributed by atoms with Gasteiger partial charge in [0.05, 0.1) is 11.9 Å². The normalized spacial score (nSPS) is 14.7. The minimum absolute atomic E-state index is 0.0847. The topological polar surface area (TPSA) is 66.5 Å². The third kappa shape index (κ3) is 4.22. The number of hydrogen-bond acceptors (Lipinski definition) is 3. The van der Waals surface area contributed by atoms with Crippen LogP contribution in [0.15, 0.2) is 12.1 Å². The Hall–Kier alpha value is -1.56. The molecule has 1 aromatic carbocycles. The van der Waals surface area contributed by atoms with Crippen molar-refractivity contribution in [3.8, 4) is 0 Å². The first kappa shape index (κ1) is 16.8. The fourth-order valence-electron chi connectivity index (χ4n) is 2.74. The molecule has 0 radical (unpaired) electrons. The predicted octanol–water partition coefficient (Wildman–Crippen LogP) is 2.05. The fraction of sp³-hybridized carbons (Fsp3) is 0.562. The molecule has 5 nitrogen and oxygen atoms in total. The maximum atomic E-state index is 12.2. The molecule has 1 saturated carbocycles. The van der Waals surface area contributed by atoms with Crippen LogP contribution in [0.1, 0.15) is 36.0 Å². The zero-order valence-electron chi connectivity index (χ0n) is 13.6. The standard InChI is InChI=1S/C16H24N2O3S/c1-11-9-12(2)16(13(3)10-11)18(22(4,20)21)8-7-15(19)17-14-5-6-14/h9-10,14H,5-8H2,1-4H3,(H,17,19). The number of carbonyl (C=O) groups excluding carboxylic acids is 1. The molecular weight excluding hydrogens is 300 g/mol. The molecule has 1 N–H and O–H groups in total. The molecule has 0 aromatic heterocycles. The van der Waals surface area contributed by atoms with Crippen molar-refractivity contribution in [2.24, 2.45) is 0 Å². The van der Waals surface area contributed by atoms with E-state index in [0.717, 1.165) is 29.5 Å². The molecule has 1 fully saturated rings. The summed E-state index contributed by atoms with van der Waals surface area (Å²) in [6.07, 6.45) is 3.41. The zero-order valence-corrected chi connectivity index (χ0v) is 14.5. The van der Waals surface area contributed by atoms with Gasteiger partial charge in [-0.05, 0) is 44.7 Å². The summed E-state index contributed by atoms with van der Waals surface area (Å²) < 4.78 is 25.7. The summed E-state index contributed by atoms with van der Waals surface area (Å²) >= 11 is 0. The molecule has 0 heterocycles. The van der Waals surface area contributed by atoms with E-state index in [-0.39, 0.29) is 18.9 Å². The Balaban J connectivity index is 2.21. The number of rotatable bonds is 6. The highest BCUT2D eigenvalue weighted by Gasteiger charge is 2.25. The van der Waals surface area contributed by atoms with Crippen LogP contribution in [0.25, 0.3) is 0 Å². The number of anilines is 1. The molecule has 1 aliphatic rings. The molecule has 22 heavy (non-hydrogen) atoms. The summed E-state index contributed by atoms with van der Waals surface area (Å²) in [5.41, 5.74) is 3.60. The Bertz CT molecular complexity index is 656. The molecule has 122 valence electrons. The van der Waals surface area contributed by atoms with Crippen LogP contribution in [-0.2, 0) is 14.8 Å². The van der Waals surface area contributed by atoms with Crippen LogP contribution in [0.2, 0.25) is 0 Å². The Morgan fingerprint density at radius 3 is 2.23 bits per heavy atom. The minimum Gasteiger partial charge on any atom is -0.353 e. The first-order chi connectivity index (χ1) is 10.2. The first-order valence-electron chi connectivity index (χ1n) is 7.53. The van der Waals surface area contributed by atoms with Crippen molar-refractivity contribution in [1.29, 1.82) is 0 Å². The predicted molar refractivity (Wildman–Crippen MR) is 88.6 cm³/mol. The van der Waals surface area contributed by atoms with Crippen LogP contribution in [-0.4, -0.2) is 33.2 Å². The van der Waals surface area contributed by atoms with E-state index < -0.39 is 10.0 Å². The van der Waals surface area contributed by atoms with Crippen molar-refractivity contribution >= 4 is 21.6 Å². The van der Waals surface area contributed by atoms with Gasteiger partial charge in [0, 0.05) is 19.0 Å². The second-order valence-electron chi connectivity index (χ2n) is 6.17. The number of sulfonamides is 1. The van der Waals surface area contributed by atoms with Crippen LogP contribution in [0.3, 0.4) is 0 Å². The third-order valence-electron chi connectivity index (χ3n) is 3.77. The lowest BCUT2D eigenvalue weighted by atomic mass is 10.1. The Kier molecular flexibility index (Phi) is 4.80. The van der Waals surface area contributed by atoms with Crippen molar-refractivity contribution in [3.63, 3.8) is 0 Å². The summed E-state index contributed by atoms with van der Waals surface area (Å²) in [7, 11) is -3.43. The summed E-state index contributed by atoms with van der Waals surface area (Å²) in [4.78, 5) is 11.8. The van der Waals surface area contributed by atoms with E-state index in [9.17, 15) is 13.2 Å².